The molecule has 1 aliphatic rings. The third-order valence-corrected chi connectivity index (χ3v) is 3.82. The zero-order chi connectivity index (χ0) is 16.4. The molecule has 0 saturated heterocycles. The van der Waals surface area contributed by atoms with Gasteiger partial charge < -0.3 is 10.6 Å². The molecule has 1 heterocycles. The Morgan fingerprint density at radius 3 is 2.30 bits per heavy atom. The van der Waals surface area contributed by atoms with Gasteiger partial charge in [0.15, 0.2) is 0 Å². The van der Waals surface area contributed by atoms with Crippen molar-refractivity contribution in [1.82, 2.24) is 15.3 Å². The lowest BCUT2D eigenvalue weighted by Gasteiger charge is -2.19. The molecule has 0 atom stereocenters. The highest BCUT2D eigenvalue weighted by atomic mass is 16.2. The van der Waals surface area contributed by atoms with Crippen LogP contribution in [0.1, 0.15) is 49.7 Å². The molecule has 23 heavy (non-hydrogen) atoms. The molecule has 2 N–H and O–H groups in total. The van der Waals surface area contributed by atoms with E-state index in [0.29, 0.717) is 17.6 Å². The molecule has 5 nitrogen and oxygen atoms in total. The van der Waals surface area contributed by atoms with E-state index in [1.807, 2.05) is 12.1 Å². The van der Waals surface area contributed by atoms with Gasteiger partial charge in [0, 0.05) is 11.7 Å². The van der Waals surface area contributed by atoms with Crippen molar-refractivity contribution in [2.24, 2.45) is 0 Å². The summed E-state index contributed by atoms with van der Waals surface area (Å²) in [6.07, 6.45) is 5.20. The Morgan fingerprint density at radius 1 is 1.09 bits per heavy atom. The first-order chi connectivity index (χ1) is 10.9. The minimum atomic E-state index is -0.152. The van der Waals surface area contributed by atoms with E-state index >= 15 is 0 Å². The number of hydrogen-bond acceptors (Lipinski definition) is 4. The smallest absolute Gasteiger partial charge is 0.271 e. The van der Waals surface area contributed by atoms with E-state index in [1.54, 1.807) is 6.20 Å². The lowest BCUT2D eigenvalue weighted by Crippen LogP contribution is -2.26. The molecule has 0 bridgehead atoms. The van der Waals surface area contributed by atoms with Gasteiger partial charge in [0.05, 0.1) is 12.4 Å². The van der Waals surface area contributed by atoms with Gasteiger partial charge >= 0.3 is 0 Å². The molecule has 1 aromatic carbocycles. The summed E-state index contributed by atoms with van der Waals surface area (Å²) in [6.45, 7) is 6.56. The lowest BCUT2D eigenvalue weighted by molar-refractivity contribution is 0.0945. The molecule has 5 heteroatoms. The van der Waals surface area contributed by atoms with Gasteiger partial charge in [-0.1, -0.05) is 32.9 Å². The van der Waals surface area contributed by atoms with Crippen molar-refractivity contribution < 1.29 is 4.79 Å². The van der Waals surface area contributed by atoms with Crippen LogP contribution in [0.25, 0.3) is 0 Å². The summed E-state index contributed by atoms with van der Waals surface area (Å²) >= 11 is 0. The van der Waals surface area contributed by atoms with Crippen LogP contribution in [0, 0.1) is 0 Å². The lowest BCUT2D eigenvalue weighted by atomic mass is 9.87. The number of amides is 1. The van der Waals surface area contributed by atoms with E-state index < -0.39 is 0 Å². The van der Waals surface area contributed by atoms with E-state index in [9.17, 15) is 4.79 Å². The molecule has 0 unspecified atom stereocenters. The average molecular weight is 310 g/mol. The molecule has 1 amide bonds. The first kappa shape index (κ1) is 15.5. The molecule has 1 aliphatic carbocycles. The standard InChI is InChI=1S/C18H22N4O/c1-18(2,3)12-4-6-13(7-5-12)21-16-11-19-15(10-20-16)17(23)22-14-8-9-14/h4-7,10-11,14H,8-9H2,1-3H3,(H,20,21)(H,22,23). The summed E-state index contributed by atoms with van der Waals surface area (Å²) in [6, 6.07) is 8.58. The Morgan fingerprint density at radius 2 is 1.78 bits per heavy atom. The van der Waals surface area contributed by atoms with Crippen molar-refractivity contribution in [3.05, 3.63) is 47.9 Å². The highest BCUT2D eigenvalue weighted by Gasteiger charge is 2.24. The number of nitrogens with one attached hydrogen (secondary N) is 2. The Hall–Kier alpha value is -2.43. The number of anilines is 2. The van der Waals surface area contributed by atoms with Crippen LogP contribution in [0.2, 0.25) is 0 Å². The Labute approximate surface area is 136 Å². The van der Waals surface area contributed by atoms with Crippen LogP contribution in [-0.2, 0) is 5.41 Å². The maximum Gasteiger partial charge on any atom is 0.271 e. The summed E-state index contributed by atoms with van der Waals surface area (Å²) in [4.78, 5) is 20.3. The summed E-state index contributed by atoms with van der Waals surface area (Å²) in [5.41, 5.74) is 2.71. The number of carbonyl (C=O) groups is 1. The summed E-state index contributed by atoms with van der Waals surface area (Å²) in [7, 11) is 0. The quantitative estimate of drug-likeness (QED) is 0.908. The maximum atomic E-state index is 11.9. The van der Waals surface area contributed by atoms with Gasteiger partial charge in [0.1, 0.15) is 11.5 Å². The maximum absolute atomic E-state index is 11.9. The second-order valence-electron chi connectivity index (χ2n) is 6.99. The van der Waals surface area contributed by atoms with Gasteiger partial charge in [-0.3, -0.25) is 4.79 Å². The molecule has 2 aromatic rings. The summed E-state index contributed by atoms with van der Waals surface area (Å²) < 4.78 is 0. The molecule has 1 aromatic heterocycles. The topological polar surface area (TPSA) is 66.9 Å². The van der Waals surface area contributed by atoms with Crippen LogP contribution in [0.5, 0.6) is 0 Å². The molecular weight excluding hydrogens is 288 g/mol. The highest BCUT2D eigenvalue weighted by Crippen LogP contribution is 2.24. The van der Waals surface area contributed by atoms with Crippen LogP contribution in [0.3, 0.4) is 0 Å². The van der Waals surface area contributed by atoms with Gasteiger partial charge in [0.2, 0.25) is 0 Å². The number of hydrogen-bond donors (Lipinski definition) is 2. The highest BCUT2D eigenvalue weighted by molar-refractivity contribution is 5.92. The number of nitrogens with zero attached hydrogens (tertiary/aromatic N) is 2. The van der Waals surface area contributed by atoms with Gasteiger partial charge in [-0.15, -0.1) is 0 Å². The van der Waals surface area contributed by atoms with Crippen LogP contribution in [-0.4, -0.2) is 21.9 Å². The molecule has 1 fully saturated rings. The molecule has 3 rings (SSSR count). The first-order valence-corrected chi connectivity index (χ1v) is 7.92. The average Bonchev–Trinajstić information content (AvgIpc) is 3.31. The van der Waals surface area contributed by atoms with Gasteiger partial charge in [-0.25, -0.2) is 9.97 Å². The monoisotopic (exact) mass is 310 g/mol. The van der Waals surface area contributed by atoms with Crippen molar-refractivity contribution in [3.63, 3.8) is 0 Å². The van der Waals surface area contributed by atoms with Gasteiger partial charge in [0.25, 0.3) is 5.91 Å². The van der Waals surface area contributed by atoms with Crippen LogP contribution in [0.15, 0.2) is 36.7 Å². The first-order valence-electron chi connectivity index (χ1n) is 7.92. The number of carbonyl (C=O) groups excluding carboxylic acids is 1. The van der Waals surface area contributed by atoms with Crippen molar-refractivity contribution in [3.8, 4) is 0 Å². The van der Waals surface area contributed by atoms with Crippen molar-refractivity contribution in [2.75, 3.05) is 5.32 Å². The fourth-order valence-corrected chi connectivity index (χ4v) is 2.20. The predicted molar refractivity (Wildman–Crippen MR) is 90.9 cm³/mol. The van der Waals surface area contributed by atoms with E-state index in [-0.39, 0.29) is 11.3 Å². The van der Waals surface area contributed by atoms with Gasteiger partial charge in [-0.05, 0) is 36.0 Å². The number of aromatic nitrogens is 2. The Kier molecular flexibility index (Phi) is 4.03. The minimum absolute atomic E-state index is 0.134. The third-order valence-electron chi connectivity index (χ3n) is 3.82. The fraction of sp³-hybridized carbons (Fsp3) is 0.389. The van der Waals surface area contributed by atoms with E-state index in [2.05, 4.69) is 53.5 Å². The van der Waals surface area contributed by atoms with Crippen molar-refractivity contribution in [2.45, 2.75) is 45.1 Å². The molecule has 0 radical (unpaired) electrons. The molecule has 1 saturated carbocycles. The molecule has 120 valence electrons. The number of rotatable bonds is 4. The summed E-state index contributed by atoms with van der Waals surface area (Å²) in [5, 5.41) is 6.09. The molecule has 0 spiro atoms. The van der Waals surface area contributed by atoms with E-state index in [0.717, 1.165) is 18.5 Å². The third kappa shape index (κ3) is 4.06. The Bertz CT molecular complexity index is 682. The normalized spacial score (nSPS) is 14.4. The molecule has 0 aliphatic heterocycles. The summed E-state index contributed by atoms with van der Waals surface area (Å²) in [5.74, 6) is 0.470. The van der Waals surface area contributed by atoms with Crippen LogP contribution in [0.4, 0.5) is 11.5 Å². The van der Waals surface area contributed by atoms with Crippen molar-refractivity contribution >= 4 is 17.4 Å². The zero-order valence-corrected chi connectivity index (χ0v) is 13.8. The minimum Gasteiger partial charge on any atom is -0.348 e. The SMILES string of the molecule is CC(C)(C)c1ccc(Nc2cnc(C(=O)NC3CC3)cn2)cc1. The molecular formula is C18H22N4O. The Balaban J connectivity index is 1.64. The predicted octanol–water partition coefficient (Wildman–Crippen LogP) is 3.41. The second kappa shape index (κ2) is 5.99. The van der Waals surface area contributed by atoms with Crippen molar-refractivity contribution in [1.29, 1.82) is 0 Å². The van der Waals surface area contributed by atoms with Crippen LogP contribution < -0.4 is 10.6 Å². The van der Waals surface area contributed by atoms with Crippen LogP contribution >= 0.6 is 0 Å². The van der Waals surface area contributed by atoms with Gasteiger partial charge in [-0.2, -0.15) is 0 Å². The number of benzene rings is 1. The van der Waals surface area contributed by atoms with E-state index in [1.165, 1.54) is 11.8 Å². The largest absolute Gasteiger partial charge is 0.348 e. The fourth-order valence-electron chi connectivity index (χ4n) is 2.20. The zero-order valence-electron chi connectivity index (χ0n) is 13.8. The van der Waals surface area contributed by atoms with E-state index in [4.69, 9.17) is 0 Å². The second-order valence-corrected chi connectivity index (χ2v) is 6.99.